The molecule has 4 heteroatoms. The van der Waals surface area contributed by atoms with Crippen molar-refractivity contribution < 1.29 is 4.74 Å². The summed E-state index contributed by atoms with van der Waals surface area (Å²) in [6.07, 6.45) is 7.45. The van der Waals surface area contributed by atoms with Crippen molar-refractivity contribution in [3.63, 3.8) is 0 Å². The third-order valence-electron chi connectivity index (χ3n) is 4.62. The molecule has 1 aromatic rings. The third-order valence-corrected chi connectivity index (χ3v) is 4.62. The van der Waals surface area contributed by atoms with Gasteiger partial charge in [-0.3, -0.25) is 4.68 Å². The summed E-state index contributed by atoms with van der Waals surface area (Å²) in [6.45, 7) is 8.20. The first-order valence-electron chi connectivity index (χ1n) is 8.04. The lowest BCUT2D eigenvalue weighted by atomic mass is 9.74. The Hall–Kier alpha value is -0.870. The number of aromatic nitrogens is 2. The first-order valence-corrected chi connectivity index (χ1v) is 8.04. The summed E-state index contributed by atoms with van der Waals surface area (Å²) >= 11 is 0. The van der Waals surface area contributed by atoms with Gasteiger partial charge in [0, 0.05) is 19.3 Å². The fourth-order valence-electron chi connectivity index (χ4n) is 3.36. The van der Waals surface area contributed by atoms with Crippen LogP contribution in [0.2, 0.25) is 0 Å². The Morgan fingerprint density at radius 1 is 1.45 bits per heavy atom. The van der Waals surface area contributed by atoms with E-state index in [-0.39, 0.29) is 11.6 Å². The van der Waals surface area contributed by atoms with Crippen molar-refractivity contribution in [3.05, 3.63) is 18.0 Å². The van der Waals surface area contributed by atoms with Gasteiger partial charge in [-0.05, 0) is 51.0 Å². The molecule has 1 aliphatic rings. The highest BCUT2D eigenvalue weighted by Crippen LogP contribution is 2.42. The molecular formula is C16H29N3O. The maximum Gasteiger partial charge on any atom is 0.0889 e. The number of rotatable bonds is 6. The number of hydrogen-bond acceptors (Lipinski definition) is 3. The lowest BCUT2D eigenvalue weighted by Gasteiger charge is -2.43. The zero-order valence-electron chi connectivity index (χ0n) is 13.1. The van der Waals surface area contributed by atoms with E-state index in [4.69, 9.17) is 10.5 Å². The minimum absolute atomic E-state index is 0.0796. The topological polar surface area (TPSA) is 53.1 Å². The Bertz CT molecular complexity index is 408. The average molecular weight is 279 g/mol. The van der Waals surface area contributed by atoms with Gasteiger partial charge in [0.25, 0.3) is 0 Å². The fourth-order valence-corrected chi connectivity index (χ4v) is 3.36. The molecule has 0 amide bonds. The maximum absolute atomic E-state index is 6.63. The third kappa shape index (κ3) is 3.07. The molecule has 4 nitrogen and oxygen atoms in total. The van der Waals surface area contributed by atoms with Gasteiger partial charge in [-0.1, -0.05) is 13.8 Å². The maximum atomic E-state index is 6.63. The average Bonchev–Trinajstić information content (AvgIpc) is 2.90. The highest BCUT2D eigenvalue weighted by Gasteiger charge is 2.42. The Morgan fingerprint density at radius 3 is 2.75 bits per heavy atom. The smallest absolute Gasteiger partial charge is 0.0889 e. The van der Waals surface area contributed by atoms with Gasteiger partial charge in [0.1, 0.15) is 0 Å². The Kier molecular flexibility index (Phi) is 5.22. The molecule has 1 saturated carbocycles. The molecule has 0 bridgehead atoms. The van der Waals surface area contributed by atoms with Crippen LogP contribution < -0.4 is 5.73 Å². The second-order valence-electron chi connectivity index (χ2n) is 6.14. The van der Waals surface area contributed by atoms with Gasteiger partial charge in [0.05, 0.1) is 17.3 Å². The molecule has 0 aliphatic heterocycles. The molecule has 0 saturated heterocycles. The molecule has 1 aromatic heterocycles. The number of nitrogens with two attached hydrogens (primary N) is 1. The van der Waals surface area contributed by atoms with Gasteiger partial charge in [-0.15, -0.1) is 0 Å². The molecule has 1 heterocycles. The van der Waals surface area contributed by atoms with Gasteiger partial charge >= 0.3 is 0 Å². The fraction of sp³-hybridized carbons (Fsp3) is 0.812. The minimum Gasteiger partial charge on any atom is -0.373 e. The first-order chi connectivity index (χ1) is 9.63. The predicted molar refractivity (Wildman–Crippen MR) is 81.4 cm³/mol. The zero-order chi connectivity index (χ0) is 14.6. The molecule has 20 heavy (non-hydrogen) atoms. The Morgan fingerprint density at radius 2 is 2.15 bits per heavy atom. The molecule has 1 unspecified atom stereocenters. The van der Waals surface area contributed by atoms with Gasteiger partial charge in [-0.25, -0.2) is 0 Å². The zero-order valence-corrected chi connectivity index (χ0v) is 13.1. The van der Waals surface area contributed by atoms with Crippen LogP contribution >= 0.6 is 0 Å². The summed E-state index contributed by atoms with van der Waals surface area (Å²) in [5.41, 5.74) is 7.54. The van der Waals surface area contributed by atoms with Crippen molar-refractivity contribution in [2.45, 2.75) is 71.1 Å². The lowest BCUT2D eigenvalue weighted by Crippen LogP contribution is -2.47. The molecular weight excluding hydrogens is 250 g/mol. The molecule has 0 spiro atoms. The number of aryl methyl sites for hydroxylation is 1. The standard InChI is InChI=1S/C16H29N3O/c1-4-12-19-14(8-11-18-19)15(17)16(20-5-2)9-6-13(3)7-10-16/h8,11,13,15H,4-7,9-10,12,17H2,1-3H3. The summed E-state index contributed by atoms with van der Waals surface area (Å²) in [5, 5.41) is 4.41. The lowest BCUT2D eigenvalue weighted by molar-refractivity contribution is -0.0911. The van der Waals surface area contributed by atoms with E-state index in [1.54, 1.807) is 0 Å². The van der Waals surface area contributed by atoms with Crippen LogP contribution in [0.5, 0.6) is 0 Å². The molecule has 2 rings (SSSR count). The summed E-state index contributed by atoms with van der Waals surface area (Å²) < 4.78 is 8.22. The van der Waals surface area contributed by atoms with E-state index in [1.165, 1.54) is 12.8 Å². The van der Waals surface area contributed by atoms with Crippen LogP contribution in [-0.4, -0.2) is 22.0 Å². The SMILES string of the molecule is CCCn1nccc1C(N)C1(OCC)CCC(C)CC1. The van der Waals surface area contributed by atoms with Crippen LogP contribution in [0, 0.1) is 5.92 Å². The summed E-state index contributed by atoms with van der Waals surface area (Å²) in [6, 6.07) is 1.98. The molecule has 1 fully saturated rings. The molecule has 2 N–H and O–H groups in total. The Balaban J connectivity index is 2.22. The highest BCUT2D eigenvalue weighted by molar-refractivity contribution is 5.13. The first kappa shape index (κ1) is 15.5. The molecule has 1 aliphatic carbocycles. The quantitative estimate of drug-likeness (QED) is 0.869. The monoisotopic (exact) mass is 279 g/mol. The Labute approximate surface area is 122 Å². The minimum atomic E-state index is -0.202. The van der Waals surface area contributed by atoms with Crippen molar-refractivity contribution in [2.75, 3.05) is 6.61 Å². The van der Waals surface area contributed by atoms with E-state index in [1.807, 2.05) is 10.9 Å². The predicted octanol–water partition coefficient (Wildman–Crippen LogP) is 3.28. The highest BCUT2D eigenvalue weighted by atomic mass is 16.5. The van der Waals surface area contributed by atoms with E-state index >= 15 is 0 Å². The largest absolute Gasteiger partial charge is 0.373 e. The summed E-state index contributed by atoms with van der Waals surface area (Å²) in [4.78, 5) is 0. The van der Waals surface area contributed by atoms with Crippen LogP contribution in [0.1, 0.15) is 64.6 Å². The van der Waals surface area contributed by atoms with E-state index in [2.05, 4.69) is 31.9 Å². The summed E-state index contributed by atoms with van der Waals surface area (Å²) in [7, 11) is 0. The van der Waals surface area contributed by atoms with Crippen LogP contribution in [0.4, 0.5) is 0 Å². The van der Waals surface area contributed by atoms with Crippen LogP contribution in [-0.2, 0) is 11.3 Å². The van der Waals surface area contributed by atoms with Gasteiger partial charge in [0.2, 0.25) is 0 Å². The van der Waals surface area contributed by atoms with E-state index < -0.39 is 0 Å². The van der Waals surface area contributed by atoms with Crippen LogP contribution in [0.25, 0.3) is 0 Å². The van der Waals surface area contributed by atoms with Gasteiger partial charge < -0.3 is 10.5 Å². The van der Waals surface area contributed by atoms with E-state index in [9.17, 15) is 0 Å². The van der Waals surface area contributed by atoms with Crippen LogP contribution in [0.3, 0.4) is 0 Å². The van der Waals surface area contributed by atoms with E-state index in [0.29, 0.717) is 0 Å². The van der Waals surface area contributed by atoms with Gasteiger partial charge in [-0.2, -0.15) is 5.10 Å². The number of ether oxygens (including phenoxy) is 1. The second-order valence-corrected chi connectivity index (χ2v) is 6.14. The van der Waals surface area contributed by atoms with Crippen molar-refractivity contribution in [1.82, 2.24) is 9.78 Å². The number of nitrogens with zero attached hydrogens (tertiary/aromatic N) is 2. The number of hydrogen-bond donors (Lipinski definition) is 1. The normalized spacial score (nSPS) is 28.5. The van der Waals surface area contributed by atoms with E-state index in [0.717, 1.165) is 44.0 Å². The van der Waals surface area contributed by atoms with Crippen molar-refractivity contribution >= 4 is 0 Å². The molecule has 1 atom stereocenters. The van der Waals surface area contributed by atoms with Crippen LogP contribution in [0.15, 0.2) is 12.3 Å². The molecule has 0 aromatic carbocycles. The van der Waals surface area contributed by atoms with Crippen molar-refractivity contribution in [1.29, 1.82) is 0 Å². The molecule has 0 radical (unpaired) electrons. The van der Waals surface area contributed by atoms with Crippen molar-refractivity contribution in [2.24, 2.45) is 11.7 Å². The van der Waals surface area contributed by atoms with Gasteiger partial charge in [0.15, 0.2) is 0 Å². The van der Waals surface area contributed by atoms with Crippen molar-refractivity contribution in [3.8, 4) is 0 Å². The second kappa shape index (κ2) is 6.72. The molecule has 114 valence electrons. The summed E-state index contributed by atoms with van der Waals surface area (Å²) in [5.74, 6) is 0.788.